The predicted molar refractivity (Wildman–Crippen MR) is 95.7 cm³/mol. The topological polar surface area (TPSA) is 89.9 Å². The minimum absolute atomic E-state index is 0.463. The van der Waals surface area contributed by atoms with E-state index in [-0.39, 0.29) is 0 Å². The molecular formula is C19H22N2O4. The first-order valence-electron chi connectivity index (χ1n) is 8.02. The van der Waals surface area contributed by atoms with Gasteiger partial charge in [-0.25, -0.2) is 9.59 Å². The summed E-state index contributed by atoms with van der Waals surface area (Å²) in [6.45, 7) is 2.09. The molecule has 6 nitrogen and oxygen atoms in total. The van der Waals surface area contributed by atoms with Gasteiger partial charge in [0.25, 0.3) is 0 Å². The number of aliphatic carboxylic acids is 2. The van der Waals surface area contributed by atoms with Crippen molar-refractivity contribution in [2.45, 2.75) is 12.5 Å². The van der Waals surface area contributed by atoms with Crippen LogP contribution in [-0.4, -0.2) is 47.2 Å². The standard InChI is InChI=1S/C17H20N2.C2H2O4/c1-19-12-11-14-7-5-6-10-16(14)17(19)13-18-15-8-3-2-4-9-15;3-1(4)2(5)6/h2-10,17-18H,11-13H2,1H3;(H,3,4)(H,5,6). The first-order valence-corrected chi connectivity index (χ1v) is 8.02. The Morgan fingerprint density at radius 3 is 2.28 bits per heavy atom. The zero-order chi connectivity index (χ0) is 18.2. The Balaban J connectivity index is 0.000000326. The van der Waals surface area contributed by atoms with Gasteiger partial charge in [-0.05, 0) is 36.7 Å². The van der Waals surface area contributed by atoms with Gasteiger partial charge in [0, 0.05) is 18.8 Å². The fraction of sp³-hybridized carbons (Fsp3) is 0.263. The van der Waals surface area contributed by atoms with E-state index in [0.29, 0.717) is 6.04 Å². The summed E-state index contributed by atoms with van der Waals surface area (Å²) in [6, 6.07) is 19.7. The van der Waals surface area contributed by atoms with Crippen LogP contribution in [0.1, 0.15) is 17.2 Å². The minimum Gasteiger partial charge on any atom is -0.473 e. The number of hydrogen-bond acceptors (Lipinski definition) is 4. The molecule has 0 amide bonds. The van der Waals surface area contributed by atoms with Crippen LogP contribution >= 0.6 is 0 Å². The molecule has 132 valence electrons. The third-order valence-corrected chi connectivity index (χ3v) is 4.14. The second kappa shape index (κ2) is 8.84. The van der Waals surface area contributed by atoms with Crippen molar-refractivity contribution in [1.29, 1.82) is 0 Å². The van der Waals surface area contributed by atoms with Crippen molar-refractivity contribution in [1.82, 2.24) is 4.90 Å². The van der Waals surface area contributed by atoms with Gasteiger partial charge in [-0.3, -0.25) is 4.90 Å². The lowest BCUT2D eigenvalue weighted by molar-refractivity contribution is -0.159. The average Bonchev–Trinajstić information content (AvgIpc) is 2.62. The van der Waals surface area contributed by atoms with Crippen molar-refractivity contribution in [2.75, 3.05) is 25.5 Å². The molecule has 3 N–H and O–H groups in total. The van der Waals surface area contributed by atoms with Gasteiger partial charge in [-0.1, -0.05) is 42.5 Å². The van der Waals surface area contributed by atoms with Crippen molar-refractivity contribution in [3.63, 3.8) is 0 Å². The molecule has 1 aliphatic rings. The lowest BCUT2D eigenvalue weighted by atomic mass is 9.93. The summed E-state index contributed by atoms with van der Waals surface area (Å²) in [5, 5.41) is 18.3. The average molecular weight is 342 g/mol. The highest BCUT2D eigenvalue weighted by Crippen LogP contribution is 2.28. The first kappa shape index (κ1) is 18.5. The van der Waals surface area contributed by atoms with Crippen molar-refractivity contribution >= 4 is 17.6 Å². The highest BCUT2D eigenvalue weighted by atomic mass is 16.4. The smallest absolute Gasteiger partial charge is 0.414 e. The second-order valence-electron chi connectivity index (χ2n) is 5.80. The molecule has 1 heterocycles. The number of carbonyl (C=O) groups is 2. The predicted octanol–water partition coefficient (Wildman–Crippen LogP) is 2.48. The van der Waals surface area contributed by atoms with E-state index in [0.717, 1.165) is 19.5 Å². The summed E-state index contributed by atoms with van der Waals surface area (Å²) in [5.41, 5.74) is 4.17. The molecule has 6 heteroatoms. The van der Waals surface area contributed by atoms with E-state index in [1.165, 1.54) is 16.8 Å². The van der Waals surface area contributed by atoms with Crippen LogP contribution < -0.4 is 5.32 Å². The highest BCUT2D eigenvalue weighted by molar-refractivity contribution is 6.27. The van der Waals surface area contributed by atoms with Gasteiger partial charge >= 0.3 is 11.9 Å². The third-order valence-electron chi connectivity index (χ3n) is 4.14. The van der Waals surface area contributed by atoms with Crippen molar-refractivity contribution in [2.24, 2.45) is 0 Å². The molecule has 3 rings (SSSR count). The number of likely N-dealkylation sites (N-methyl/N-ethyl adjacent to an activating group) is 1. The van der Waals surface area contributed by atoms with Crippen LogP contribution in [0.4, 0.5) is 5.69 Å². The van der Waals surface area contributed by atoms with Crippen LogP contribution in [-0.2, 0) is 16.0 Å². The quantitative estimate of drug-likeness (QED) is 0.743. The summed E-state index contributed by atoms with van der Waals surface area (Å²) in [7, 11) is 2.22. The van der Waals surface area contributed by atoms with Crippen LogP contribution in [0.25, 0.3) is 0 Å². The molecule has 0 saturated heterocycles. The number of para-hydroxylation sites is 1. The Morgan fingerprint density at radius 1 is 1.04 bits per heavy atom. The molecule has 1 unspecified atom stereocenters. The number of hydrogen-bond donors (Lipinski definition) is 3. The zero-order valence-electron chi connectivity index (χ0n) is 14.1. The number of fused-ring (bicyclic) bond motifs is 1. The fourth-order valence-corrected chi connectivity index (χ4v) is 2.81. The number of carboxylic acid groups (broad SMARTS) is 2. The van der Waals surface area contributed by atoms with Gasteiger partial charge in [-0.15, -0.1) is 0 Å². The summed E-state index contributed by atoms with van der Waals surface area (Å²) < 4.78 is 0. The number of benzene rings is 2. The van der Waals surface area contributed by atoms with Crippen LogP contribution in [0.3, 0.4) is 0 Å². The lowest BCUT2D eigenvalue weighted by Crippen LogP contribution is -2.36. The fourth-order valence-electron chi connectivity index (χ4n) is 2.81. The molecule has 0 radical (unpaired) electrons. The number of anilines is 1. The third kappa shape index (κ3) is 5.32. The Kier molecular flexibility index (Phi) is 6.54. The van der Waals surface area contributed by atoms with E-state index >= 15 is 0 Å². The first-order chi connectivity index (χ1) is 12.0. The van der Waals surface area contributed by atoms with Gasteiger partial charge in [0.1, 0.15) is 0 Å². The molecule has 0 aliphatic carbocycles. The van der Waals surface area contributed by atoms with Crippen LogP contribution in [0.15, 0.2) is 54.6 Å². The molecule has 0 spiro atoms. The largest absolute Gasteiger partial charge is 0.473 e. The zero-order valence-corrected chi connectivity index (χ0v) is 14.1. The molecule has 0 aromatic heterocycles. The number of nitrogens with zero attached hydrogens (tertiary/aromatic N) is 1. The van der Waals surface area contributed by atoms with Crippen molar-refractivity contribution in [3.8, 4) is 0 Å². The second-order valence-corrected chi connectivity index (χ2v) is 5.80. The molecular weight excluding hydrogens is 320 g/mol. The maximum absolute atomic E-state index is 9.10. The normalized spacial score (nSPS) is 16.1. The Morgan fingerprint density at radius 2 is 1.64 bits per heavy atom. The summed E-state index contributed by atoms with van der Waals surface area (Å²) in [5.74, 6) is -3.65. The van der Waals surface area contributed by atoms with E-state index in [4.69, 9.17) is 19.8 Å². The molecule has 2 aromatic rings. The molecule has 2 aromatic carbocycles. The Labute approximate surface area is 146 Å². The van der Waals surface area contributed by atoms with Crippen LogP contribution in [0.5, 0.6) is 0 Å². The Hall–Kier alpha value is -2.86. The van der Waals surface area contributed by atoms with Gasteiger partial charge in [0.2, 0.25) is 0 Å². The summed E-state index contributed by atoms with van der Waals surface area (Å²) in [4.78, 5) is 20.6. The number of nitrogens with one attached hydrogen (secondary N) is 1. The van der Waals surface area contributed by atoms with E-state index in [2.05, 4.69) is 65.8 Å². The van der Waals surface area contributed by atoms with Gasteiger partial charge in [0.05, 0.1) is 6.04 Å². The lowest BCUT2D eigenvalue weighted by Gasteiger charge is -2.35. The van der Waals surface area contributed by atoms with Crippen molar-refractivity contribution in [3.05, 3.63) is 65.7 Å². The van der Waals surface area contributed by atoms with Crippen molar-refractivity contribution < 1.29 is 19.8 Å². The number of carboxylic acids is 2. The molecule has 1 aliphatic heterocycles. The van der Waals surface area contributed by atoms with Crippen LogP contribution in [0.2, 0.25) is 0 Å². The molecule has 0 saturated carbocycles. The molecule has 0 fully saturated rings. The van der Waals surface area contributed by atoms with E-state index in [1.54, 1.807) is 0 Å². The monoisotopic (exact) mass is 342 g/mol. The molecule has 0 bridgehead atoms. The van der Waals surface area contributed by atoms with E-state index in [1.807, 2.05) is 6.07 Å². The maximum atomic E-state index is 9.10. The highest BCUT2D eigenvalue weighted by Gasteiger charge is 2.23. The van der Waals surface area contributed by atoms with E-state index in [9.17, 15) is 0 Å². The Bertz CT molecular complexity index is 706. The minimum atomic E-state index is -1.82. The number of rotatable bonds is 3. The maximum Gasteiger partial charge on any atom is 0.414 e. The van der Waals surface area contributed by atoms with Gasteiger partial charge < -0.3 is 15.5 Å². The molecule has 25 heavy (non-hydrogen) atoms. The SMILES string of the molecule is CN1CCc2ccccc2C1CNc1ccccc1.O=C(O)C(=O)O. The van der Waals surface area contributed by atoms with Crippen LogP contribution in [0, 0.1) is 0 Å². The van der Waals surface area contributed by atoms with E-state index < -0.39 is 11.9 Å². The van der Waals surface area contributed by atoms with Gasteiger partial charge in [-0.2, -0.15) is 0 Å². The van der Waals surface area contributed by atoms with Gasteiger partial charge in [0.15, 0.2) is 0 Å². The molecule has 1 atom stereocenters. The summed E-state index contributed by atoms with van der Waals surface area (Å²) in [6.07, 6.45) is 1.16. The summed E-state index contributed by atoms with van der Waals surface area (Å²) >= 11 is 0.